The number of carbonyl (C=O) groups is 1. The lowest BCUT2D eigenvalue weighted by atomic mass is 9.88. The highest BCUT2D eigenvalue weighted by atomic mass is 16.1. The molecule has 0 amide bonds. The molecule has 1 unspecified atom stereocenters. The van der Waals surface area contributed by atoms with Gasteiger partial charge in [0.15, 0.2) is 5.78 Å². The minimum atomic E-state index is 0.261. The standard InChI is InChI=1S/C11H16O/c1-3-5-11(12)10-7-4-6-9(2)8-10/h3,7,9H,1,4-6,8H2,2H3. The molecule has 0 fully saturated rings. The Bertz CT molecular complexity index is 213. The largest absolute Gasteiger partial charge is 0.294 e. The minimum absolute atomic E-state index is 0.261. The lowest BCUT2D eigenvalue weighted by Gasteiger charge is -2.17. The van der Waals surface area contributed by atoms with Crippen LogP contribution in [0.25, 0.3) is 0 Å². The molecule has 1 aliphatic carbocycles. The Kier molecular flexibility index (Phi) is 3.27. The summed E-state index contributed by atoms with van der Waals surface area (Å²) in [6, 6.07) is 0. The molecule has 1 heteroatoms. The molecule has 0 aromatic carbocycles. The molecule has 0 N–H and O–H groups in total. The lowest BCUT2D eigenvalue weighted by molar-refractivity contribution is -0.115. The van der Waals surface area contributed by atoms with Crippen LogP contribution in [0.1, 0.15) is 32.6 Å². The van der Waals surface area contributed by atoms with Crippen molar-refractivity contribution in [2.45, 2.75) is 32.6 Å². The molecule has 12 heavy (non-hydrogen) atoms. The zero-order valence-corrected chi connectivity index (χ0v) is 7.68. The van der Waals surface area contributed by atoms with Crippen molar-refractivity contribution in [1.82, 2.24) is 0 Å². The molecule has 0 spiro atoms. The number of hydrogen-bond donors (Lipinski definition) is 0. The van der Waals surface area contributed by atoms with Crippen LogP contribution in [-0.2, 0) is 4.79 Å². The van der Waals surface area contributed by atoms with Crippen molar-refractivity contribution in [1.29, 1.82) is 0 Å². The van der Waals surface area contributed by atoms with Crippen molar-refractivity contribution in [3.63, 3.8) is 0 Å². The quantitative estimate of drug-likeness (QED) is 0.586. The fourth-order valence-corrected chi connectivity index (χ4v) is 1.59. The maximum absolute atomic E-state index is 11.4. The first kappa shape index (κ1) is 9.24. The molecule has 1 aliphatic rings. The van der Waals surface area contributed by atoms with Crippen LogP contribution in [0.15, 0.2) is 24.3 Å². The van der Waals surface area contributed by atoms with E-state index in [0.29, 0.717) is 12.3 Å². The number of carbonyl (C=O) groups excluding carboxylic acids is 1. The van der Waals surface area contributed by atoms with Crippen molar-refractivity contribution >= 4 is 5.78 Å². The van der Waals surface area contributed by atoms with Crippen LogP contribution in [0.3, 0.4) is 0 Å². The number of hydrogen-bond acceptors (Lipinski definition) is 1. The summed E-state index contributed by atoms with van der Waals surface area (Å²) in [7, 11) is 0. The zero-order valence-electron chi connectivity index (χ0n) is 7.68. The summed E-state index contributed by atoms with van der Waals surface area (Å²) in [5, 5.41) is 0. The van der Waals surface area contributed by atoms with E-state index in [-0.39, 0.29) is 5.78 Å². The first-order valence-corrected chi connectivity index (χ1v) is 4.57. The topological polar surface area (TPSA) is 17.1 Å². The first-order chi connectivity index (χ1) is 5.74. The highest BCUT2D eigenvalue weighted by Gasteiger charge is 2.15. The van der Waals surface area contributed by atoms with Gasteiger partial charge in [-0.2, -0.15) is 0 Å². The molecule has 0 saturated carbocycles. The number of allylic oxidation sites excluding steroid dienone is 3. The molecule has 0 aliphatic heterocycles. The molecular formula is C11H16O. The maximum atomic E-state index is 11.4. The highest BCUT2D eigenvalue weighted by molar-refractivity contribution is 5.96. The predicted molar refractivity (Wildman–Crippen MR) is 50.9 cm³/mol. The molecule has 1 nitrogen and oxygen atoms in total. The SMILES string of the molecule is C=CCC(=O)C1=CCCC(C)C1. The Morgan fingerprint density at radius 2 is 2.58 bits per heavy atom. The van der Waals surface area contributed by atoms with E-state index >= 15 is 0 Å². The Labute approximate surface area is 74.2 Å². The van der Waals surface area contributed by atoms with Gasteiger partial charge in [0, 0.05) is 6.42 Å². The second-order valence-electron chi connectivity index (χ2n) is 3.53. The van der Waals surface area contributed by atoms with Gasteiger partial charge in [-0.05, 0) is 30.8 Å². The van der Waals surface area contributed by atoms with E-state index < -0.39 is 0 Å². The van der Waals surface area contributed by atoms with E-state index in [4.69, 9.17) is 0 Å². The molecule has 1 rings (SSSR count). The molecular weight excluding hydrogens is 148 g/mol. The maximum Gasteiger partial charge on any atom is 0.162 e. The fourth-order valence-electron chi connectivity index (χ4n) is 1.59. The van der Waals surface area contributed by atoms with Gasteiger partial charge in [-0.1, -0.05) is 19.1 Å². The zero-order chi connectivity index (χ0) is 8.97. The molecule has 1 atom stereocenters. The Morgan fingerprint density at radius 1 is 1.83 bits per heavy atom. The normalized spacial score (nSPS) is 23.1. The monoisotopic (exact) mass is 164 g/mol. The molecule has 0 saturated heterocycles. The van der Waals surface area contributed by atoms with Gasteiger partial charge in [-0.15, -0.1) is 6.58 Å². The third kappa shape index (κ3) is 2.33. The fraction of sp³-hybridized carbons (Fsp3) is 0.545. The van der Waals surface area contributed by atoms with Crippen LogP contribution in [0.2, 0.25) is 0 Å². The van der Waals surface area contributed by atoms with Gasteiger partial charge in [-0.3, -0.25) is 4.79 Å². The van der Waals surface area contributed by atoms with Crippen LogP contribution in [0.5, 0.6) is 0 Å². The summed E-state index contributed by atoms with van der Waals surface area (Å²) < 4.78 is 0. The minimum Gasteiger partial charge on any atom is -0.294 e. The van der Waals surface area contributed by atoms with Crippen molar-refractivity contribution in [3.8, 4) is 0 Å². The number of ketones is 1. The first-order valence-electron chi connectivity index (χ1n) is 4.57. The van der Waals surface area contributed by atoms with Crippen LogP contribution in [0, 0.1) is 5.92 Å². The van der Waals surface area contributed by atoms with Gasteiger partial charge in [0.2, 0.25) is 0 Å². The third-order valence-electron chi connectivity index (χ3n) is 2.31. The summed E-state index contributed by atoms with van der Waals surface area (Å²) in [4.78, 5) is 11.4. The van der Waals surface area contributed by atoms with Crippen LogP contribution in [0.4, 0.5) is 0 Å². The molecule has 0 radical (unpaired) electrons. The summed E-state index contributed by atoms with van der Waals surface area (Å²) in [5.41, 5.74) is 1.02. The van der Waals surface area contributed by atoms with E-state index in [0.717, 1.165) is 18.4 Å². The van der Waals surface area contributed by atoms with Gasteiger partial charge in [0.25, 0.3) is 0 Å². The van der Waals surface area contributed by atoms with E-state index in [9.17, 15) is 4.79 Å². The Hall–Kier alpha value is -0.850. The Morgan fingerprint density at radius 3 is 3.17 bits per heavy atom. The summed E-state index contributed by atoms with van der Waals surface area (Å²) in [6.07, 6.45) is 7.53. The summed E-state index contributed by atoms with van der Waals surface area (Å²) in [6.45, 7) is 5.77. The molecule has 0 aromatic heterocycles. The Balaban J connectivity index is 2.56. The van der Waals surface area contributed by atoms with E-state index in [1.54, 1.807) is 6.08 Å². The number of rotatable bonds is 3. The third-order valence-corrected chi connectivity index (χ3v) is 2.31. The smallest absolute Gasteiger partial charge is 0.162 e. The second-order valence-corrected chi connectivity index (χ2v) is 3.53. The van der Waals surface area contributed by atoms with E-state index in [2.05, 4.69) is 19.6 Å². The molecule has 0 heterocycles. The van der Waals surface area contributed by atoms with E-state index in [1.165, 1.54) is 6.42 Å². The predicted octanol–water partition coefficient (Wildman–Crippen LogP) is 2.88. The van der Waals surface area contributed by atoms with Gasteiger partial charge in [0.1, 0.15) is 0 Å². The molecule has 66 valence electrons. The van der Waals surface area contributed by atoms with Crippen LogP contribution < -0.4 is 0 Å². The van der Waals surface area contributed by atoms with Gasteiger partial charge < -0.3 is 0 Å². The summed E-state index contributed by atoms with van der Waals surface area (Å²) in [5.74, 6) is 0.940. The van der Waals surface area contributed by atoms with Crippen LogP contribution >= 0.6 is 0 Å². The molecule has 0 bridgehead atoms. The van der Waals surface area contributed by atoms with Crippen molar-refractivity contribution in [2.24, 2.45) is 5.92 Å². The van der Waals surface area contributed by atoms with Crippen LogP contribution in [-0.4, -0.2) is 5.78 Å². The van der Waals surface area contributed by atoms with Crippen molar-refractivity contribution in [3.05, 3.63) is 24.3 Å². The number of Topliss-reactive ketones (excluding diaryl/α,β-unsaturated/α-hetero) is 1. The van der Waals surface area contributed by atoms with Gasteiger partial charge >= 0.3 is 0 Å². The lowest BCUT2D eigenvalue weighted by Crippen LogP contribution is -2.09. The van der Waals surface area contributed by atoms with E-state index in [1.807, 2.05) is 0 Å². The van der Waals surface area contributed by atoms with Crippen molar-refractivity contribution < 1.29 is 4.79 Å². The average molecular weight is 164 g/mol. The second kappa shape index (κ2) is 4.24. The average Bonchev–Trinajstić information content (AvgIpc) is 2.05. The highest BCUT2D eigenvalue weighted by Crippen LogP contribution is 2.24. The molecule has 0 aromatic rings. The van der Waals surface area contributed by atoms with Gasteiger partial charge in [-0.25, -0.2) is 0 Å². The summed E-state index contributed by atoms with van der Waals surface area (Å²) >= 11 is 0. The van der Waals surface area contributed by atoms with Gasteiger partial charge in [0.05, 0.1) is 0 Å². The van der Waals surface area contributed by atoms with Crippen molar-refractivity contribution in [2.75, 3.05) is 0 Å².